The monoisotopic (exact) mass is 351 g/mol. The zero-order valence-electron chi connectivity index (χ0n) is 10.3. The van der Waals surface area contributed by atoms with Crippen molar-refractivity contribution in [3.8, 4) is 0 Å². The van der Waals surface area contributed by atoms with Crippen LogP contribution in [0, 0.1) is 0 Å². The molecule has 1 aliphatic carbocycles. The van der Waals surface area contributed by atoms with Gasteiger partial charge in [0.25, 0.3) is 0 Å². The van der Waals surface area contributed by atoms with E-state index in [9.17, 15) is 8.42 Å². The highest BCUT2D eigenvalue weighted by Crippen LogP contribution is 2.27. The average Bonchev–Trinajstić information content (AvgIpc) is 2.42. The van der Waals surface area contributed by atoms with Gasteiger partial charge in [-0.05, 0) is 29.8 Å². The van der Waals surface area contributed by atoms with Gasteiger partial charge in [-0.3, -0.25) is 4.28 Å². The molecule has 6 heteroatoms. The molecular formula is C14H10BrNO3S. The summed E-state index contributed by atoms with van der Waals surface area (Å²) in [4.78, 5) is 0.0969. The van der Waals surface area contributed by atoms with Crippen LogP contribution in [0.2, 0.25) is 0 Å². The number of benzene rings is 2. The third-order valence-corrected chi connectivity index (χ3v) is 4.63. The van der Waals surface area contributed by atoms with Crippen molar-refractivity contribution < 1.29 is 12.7 Å². The Kier molecular flexibility index (Phi) is 3.35. The molecule has 0 atom stereocenters. The zero-order valence-corrected chi connectivity index (χ0v) is 12.7. The second-order valence-electron chi connectivity index (χ2n) is 4.36. The molecule has 0 fully saturated rings. The van der Waals surface area contributed by atoms with Crippen LogP contribution in [0.1, 0.15) is 11.1 Å². The van der Waals surface area contributed by atoms with Crippen LogP contribution in [-0.2, 0) is 20.8 Å². The topological polar surface area (TPSA) is 55.7 Å². The number of halogens is 1. The van der Waals surface area contributed by atoms with E-state index in [2.05, 4.69) is 21.1 Å². The number of hydrogen-bond donors (Lipinski definition) is 0. The Morgan fingerprint density at radius 1 is 1.10 bits per heavy atom. The summed E-state index contributed by atoms with van der Waals surface area (Å²) >= 11 is 3.38. The molecule has 2 aromatic carbocycles. The standard InChI is InChI=1S/C14H10BrNO3S/c15-11-6-7-13-10(8-11)9-14(13)16-19-20(17,18)12-4-2-1-3-5-12/h1-8H,9H2. The van der Waals surface area contributed by atoms with E-state index < -0.39 is 10.1 Å². The maximum Gasteiger partial charge on any atom is 0.358 e. The third-order valence-electron chi connectivity index (χ3n) is 3.01. The first kappa shape index (κ1) is 13.3. The lowest BCUT2D eigenvalue weighted by molar-refractivity contribution is 0.337. The van der Waals surface area contributed by atoms with Gasteiger partial charge < -0.3 is 0 Å². The van der Waals surface area contributed by atoms with Crippen LogP contribution in [0.25, 0.3) is 0 Å². The normalized spacial score (nSPS) is 15.6. The number of nitrogens with zero attached hydrogens (tertiary/aromatic N) is 1. The molecule has 2 aromatic rings. The van der Waals surface area contributed by atoms with Gasteiger partial charge in [0.05, 0.1) is 5.71 Å². The summed E-state index contributed by atoms with van der Waals surface area (Å²) in [6, 6.07) is 13.7. The van der Waals surface area contributed by atoms with Crippen LogP contribution in [0.3, 0.4) is 0 Å². The van der Waals surface area contributed by atoms with Gasteiger partial charge in [0.15, 0.2) is 0 Å². The molecule has 0 amide bonds. The lowest BCUT2D eigenvalue weighted by Gasteiger charge is -2.20. The van der Waals surface area contributed by atoms with E-state index in [0.717, 1.165) is 15.6 Å². The molecule has 0 aromatic heterocycles. The maximum absolute atomic E-state index is 11.9. The van der Waals surface area contributed by atoms with Crippen LogP contribution < -0.4 is 0 Å². The van der Waals surface area contributed by atoms with E-state index in [0.29, 0.717) is 12.1 Å². The molecule has 0 bridgehead atoms. The Bertz CT molecular complexity index is 785. The van der Waals surface area contributed by atoms with Crippen molar-refractivity contribution in [3.63, 3.8) is 0 Å². The summed E-state index contributed by atoms with van der Waals surface area (Å²) in [7, 11) is -3.84. The molecule has 0 unspecified atom stereocenters. The first-order valence-electron chi connectivity index (χ1n) is 5.91. The van der Waals surface area contributed by atoms with E-state index in [1.54, 1.807) is 18.2 Å². The zero-order chi connectivity index (χ0) is 14.2. The predicted octanol–water partition coefficient (Wildman–Crippen LogP) is 3.11. The molecule has 0 heterocycles. The first-order valence-corrected chi connectivity index (χ1v) is 8.11. The Morgan fingerprint density at radius 2 is 1.85 bits per heavy atom. The fraction of sp³-hybridized carbons (Fsp3) is 0.0714. The minimum absolute atomic E-state index is 0.0969. The molecule has 0 spiro atoms. The second-order valence-corrected chi connectivity index (χ2v) is 6.80. The van der Waals surface area contributed by atoms with Crippen molar-refractivity contribution in [2.24, 2.45) is 5.16 Å². The van der Waals surface area contributed by atoms with E-state index >= 15 is 0 Å². The van der Waals surface area contributed by atoms with E-state index in [4.69, 9.17) is 4.28 Å². The summed E-state index contributed by atoms with van der Waals surface area (Å²) < 4.78 is 29.6. The molecule has 0 radical (unpaired) electrons. The molecule has 0 saturated heterocycles. The van der Waals surface area contributed by atoms with Gasteiger partial charge >= 0.3 is 10.1 Å². The van der Waals surface area contributed by atoms with Crippen LogP contribution in [0.15, 0.2) is 63.1 Å². The molecule has 1 aliphatic rings. The first-order chi connectivity index (χ1) is 9.56. The van der Waals surface area contributed by atoms with Gasteiger partial charge in [0, 0.05) is 16.5 Å². The van der Waals surface area contributed by atoms with Crippen molar-refractivity contribution in [1.29, 1.82) is 0 Å². The number of rotatable bonds is 3. The highest BCUT2D eigenvalue weighted by molar-refractivity contribution is 9.10. The van der Waals surface area contributed by atoms with E-state index in [1.165, 1.54) is 12.1 Å². The largest absolute Gasteiger partial charge is 0.358 e. The highest BCUT2D eigenvalue weighted by atomic mass is 79.9. The van der Waals surface area contributed by atoms with Crippen LogP contribution in [-0.4, -0.2) is 14.1 Å². The molecule has 102 valence electrons. The lowest BCUT2D eigenvalue weighted by Crippen LogP contribution is -2.20. The maximum atomic E-state index is 11.9. The van der Waals surface area contributed by atoms with Gasteiger partial charge in [-0.2, -0.15) is 8.42 Å². The van der Waals surface area contributed by atoms with E-state index in [1.807, 2.05) is 18.2 Å². The van der Waals surface area contributed by atoms with E-state index in [-0.39, 0.29) is 4.90 Å². The average molecular weight is 352 g/mol. The number of hydrogen-bond acceptors (Lipinski definition) is 4. The Hall–Kier alpha value is -1.66. The lowest BCUT2D eigenvalue weighted by atomic mass is 9.87. The molecule has 0 N–H and O–H groups in total. The van der Waals surface area contributed by atoms with Crippen molar-refractivity contribution in [2.75, 3.05) is 0 Å². The van der Waals surface area contributed by atoms with Gasteiger partial charge in [-0.1, -0.05) is 45.4 Å². The summed E-state index contributed by atoms with van der Waals surface area (Å²) in [5.41, 5.74) is 2.70. The predicted molar refractivity (Wildman–Crippen MR) is 79.1 cm³/mol. The summed E-state index contributed by atoms with van der Waals surface area (Å²) in [6.45, 7) is 0. The Balaban J connectivity index is 1.81. The van der Waals surface area contributed by atoms with Gasteiger partial charge in [0.2, 0.25) is 0 Å². The molecule has 4 nitrogen and oxygen atoms in total. The summed E-state index contributed by atoms with van der Waals surface area (Å²) in [6.07, 6.45) is 0.610. The summed E-state index contributed by atoms with van der Waals surface area (Å²) in [5.74, 6) is 0. The van der Waals surface area contributed by atoms with Crippen LogP contribution in [0.4, 0.5) is 0 Å². The molecular weight excluding hydrogens is 342 g/mol. The fourth-order valence-corrected chi connectivity index (χ4v) is 3.14. The molecule has 0 aliphatic heterocycles. The van der Waals surface area contributed by atoms with Gasteiger partial charge in [0.1, 0.15) is 4.90 Å². The molecule has 3 rings (SSSR count). The second kappa shape index (κ2) is 5.03. The quantitative estimate of drug-likeness (QED) is 0.798. The number of fused-ring (bicyclic) bond motifs is 1. The summed E-state index contributed by atoms with van der Waals surface area (Å²) in [5, 5.41) is 3.76. The molecule has 0 saturated carbocycles. The van der Waals surface area contributed by atoms with Crippen molar-refractivity contribution >= 4 is 31.8 Å². The van der Waals surface area contributed by atoms with Gasteiger partial charge in [-0.15, -0.1) is 0 Å². The Morgan fingerprint density at radius 3 is 2.55 bits per heavy atom. The minimum Gasteiger partial charge on any atom is -0.264 e. The minimum atomic E-state index is -3.84. The number of oxime groups is 1. The van der Waals surface area contributed by atoms with Crippen LogP contribution >= 0.6 is 15.9 Å². The Labute approximate surface area is 125 Å². The molecule has 20 heavy (non-hydrogen) atoms. The third kappa shape index (κ3) is 2.48. The smallest absolute Gasteiger partial charge is 0.264 e. The van der Waals surface area contributed by atoms with Crippen molar-refractivity contribution in [3.05, 3.63) is 64.1 Å². The highest BCUT2D eigenvalue weighted by Gasteiger charge is 2.23. The van der Waals surface area contributed by atoms with Crippen molar-refractivity contribution in [2.45, 2.75) is 11.3 Å². The van der Waals surface area contributed by atoms with Crippen LogP contribution in [0.5, 0.6) is 0 Å². The SMILES string of the molecule is O=S(=O)(ON=C1Cc2cc(Br)ccc21)c1ccccc1. The van der Waals surface area contributed by atoms with Crippen molar-refractivity contribution in [1.82, 2.24) is 0 Å². The van der Waals surface area contributed by atoms with Gasteiger partial charge in [-0.25, -0.2) is 0 Å². The fourth-order valence-electron chi connectivity index (χ4n) is 1.96.